The van der Waals surface area contributed by atoms with E-state index in [9.17, 15) is 4.79 Å². The quantitative estimate of drug-likeness (QED) is 0.764. The zero-order valence-corrected chi connectivity index (χ0v) is 13.8. The largest absolute Gasteiger partial charge is 0.368 e. The molecule has 21 heavy (non-hydrogen) atoms. The fraction of sp³-hybridized carbons (Fsp3) is 0.588. The lowest BCUT2D eigenvalue weighted by Gasteiger charge is -2.29. The molecule has 0 radical (unpaired) electrons. The number of carbonyl (C=O) groups is 1. The summed E-state index contributed by atoms with van der Waals surface area (Å²) in [5.74, 6) is 0.714. The second kappa shape index (κ2) is 7.28. The van der Waals surface area contributed by atoms with Gasteiger partial charge in [0.25, 0.3) is 5.91 Å². The van der Waals surface area contributed by atoms with Crippen LogP contribution in [0.4, 0.5) is 0 Å². The van der Waals surface area contributed by atoms with E-state index in [4.69, 9.17) is 16.3 Å². The Balaban J connectivity index is 1.97. The van der Waals surface area contributed by atoms with Crippen LogP contribution in [0, 0.1) is 5.92 Å². The maximum atomic E-state index is 12.6. The number of hydrogen-bond acceptors (Lipinski definition) is 2. The predicted octanol–water partition coefficient (Wildman–Crippen LogP) is 3.89. The Bertz CT molecular complexity index is 485. The van der Waals surface area contributed by atoms with E-state index in [1.54, 1.807) is 0 Å². The van der Waals surface area contributed by atoms with Gasteiger partial charge in [0.1, 0.15) is 6.10 Å². The van der Waals surface area contributed by atoms with Gasteiger partial charge in [0.15, 0.2) is 0 Å². The van der Waals surface area contributed by atoms with Crippen LogP contribution in [0.25, 0.3) is 0 Å². The smallest absolute Gasteiger partial charge is 0.251 e. The van der Waals surface area contributed by atoms with Crippen LogP contribution >= 0.6 is 11.6 Å². The zero-order valence-electron chi connectivity index (χ0n) is 13.0. The summed E-state index contributed by atoms with van der Waals surface area (Å²) in [6.45, 7) is 7.16. The first-order valence-electron chi connectivity index (χ1n) is 7.64. The minimum absolute atomic E-state index is 0.0469. The van der Waals surface area contributed by atoms with E-state index >= 15 is 0 Å². The van der Waals surface area contributed by atoms with Crippen LogP contribution in [0.2, 0.25) is 5.02 Å². The Hall–Kier alpha value is -1.06. The maximum absolute atomic E-state index is 12.6. The van der Waals surface area contributed by atoms with Gasteiger partial charge < -0.3 is 9.64 Å². The Morgan fingerprint density at radius 1 is 1.38 bits per heavy atom. The van der Waals surface area contributed by atoms with Gasteiger partial charge in [-0.2, -0.15) is 0 Å². The molecule has 1 aromatic rings. The lowest BCUT2D eigenvalue weighted by molar-refractivity contribution is -0.145. The first kappa shape index (κ1) is 16.3. The lowest BCUT2D eigenvalue weighted by Crippen LogP contribution is -2.42. The van der Waals surface area contributed by atoms with Crippen LogP contribution in [-0.4, -0.2) is 29.6 Å². The van der Waals surface area contributed by atoms with Crippen molar-refractivity contribution in [3.63, 3.8) is 0 Å². The molecule has 1 unspecified atom stereocenters. The zero-order chi connectivity index (χ0) is 15.4. The first-order chi connectivity index (χ1) is 9.97. The summed E-state index contributed by atoms with van der Waals surface area (Å²) >= 11 is 6.01. The van der Waals surface area contributed by atoms with Gasteiger partial charge in [-0.05, 0) is 57.2 Å². The first-order valence-corrected chi connectivity index (χ1v) is 8.01. The van der Waals surface area contributed by atoms with Crippen molar-refractivity contribution in [1.29, 1.82) is 0 Å². The van der Waals surface area contributed by atoms with Gasteiger partial charge in [-0.1, -0.05) is 23.7 Å². The number of benzene rings is 1. The highest BCUT2D eigenvalue weighted by Crippen LogP contribution is 2.29. The van der Waals surface area contributed by atoms with Gasteiger partial charge in [-0.25, -0.2) is 0 Å². The summed E-state index contributed by atoms with van der Waals surface area (Å²) in [5.41, 5.74) is 1.04. The standard InChI is InChI=1S/C17H24ClNO2/c1-12(2)19(10-15-5-4-6-16(18)9-15)17(20)13(3)21-11-14-7-8-14/h4-6,9,12-14H,7-8,10-11H2,1-3H3. The van der Waals surface area contributed by atoms with E-state index in [0.29, 0.717) is 24.1 Å². The Labute approximate surface area is 132 Å². The summed E-state index contributed by atoms with van der Waals surface area (Å²) in [4.78, 5) is 14.4. The minimum atomic E-state index is -0.382. The van der Waals surface area contributed by atoms with E-state index in [0.717, 1.165) is 5.56 Å². The minimum Gasteiger partial charge on any atom is -0.368 e. The van der Waals surface area contributed by atoms with Crippen molar-refractivity contribution in [2.24, 2.45) is 5.92 Å². The van der Waals surface area contributed by atoms with Crippen LogP contribution in [0.15, 0.2) is 24.3 Å². The molecule has 4 heteroatoms. The monoisotopic (exact) mass is 309 g/mol. The Kier molecular flexibility index (Phi) is 5.65. The third-order valence-electron chi connectivity index (χ3n) is 3.77. The van der Waals surface area contributed by atoms with Crippen LogP contribution in [0.5, 0.6) is 0 Å². The fourth-order valence-corrected chi connectivity index (χ4v) is 2.43. The highest BCUT2D eigenvalue weighted by molar-refractivity contribution is 6.30. The molecule has 1 fully saturated rings. The van der Waals surface area contributed by atoms with Gasteiger partial charge in [-0.3, -0.25) is 4.79 Å². The van der Waals surface area contributed by atoms with E-state index in [-0.39, 0.29) is 18.1 Å². The second-order valence-electron chi connectivity index (χ2n) is 6.11. The molecule has 3 nitrogen and oxygen atoms in total. The van der Waals surface area contributed by atoms with E-state index < -0.39 is 0 Å². The normalized spacial score (nSPS) is 16.0. The molecule has 0 aromatic heterocycles. The van der Waals surface area contributed by atoms with Crippen molar-refractivity contribution in [3.8, 4) is 0 Å². The number of amides is 1. The molecule has 0 heterocycles. The third-order valence-corrected chi connectivity index (χ3v) is 4.01. The molecule has 0 bridgehead atoms. The number of hydrogen-bond donors (Lipinski definition) is 0. The van der Waals surface area contributed by atoms with Crippen molar-refractivity contribution in [2.45, 2.75) is 52.3 Å². The molecule has 1 aromatic carbocycles. The van der Waals surface area contributed by atoms with Crippen molar-refractivity contribution >= 4 is 17.5 Å². The SMILES string of the molecule is CC(OCC1CC1)C(=O)N(Cc1cccc(Cl)c1)C(C)C. The van der Waals surface area contributed by atoms with Crippen molar-refractivity contribution in [1.82, 2.24) is 4.90 Å². The molecule has 1 aliphatic rings. The summed E-state index contributed by atoms with van der Waals surface area (Å²) in [7, 11) is 0. The van der Waals surface area contributed by atoms with Crippen LogP contribution in [-0.2, 0) is 16.1 Å². The molecular formula is C17H24ClNO2. The maximum Gasteiger partial charge on any atom is 0.251 e. The predicted molar refractivity (Wildman–Crippen MR) is 85.3 cm³/mol. The number of carbonyl (C=O) groups excluding carboxylic acids is 1. The molecule has 0 aliphatic heterocycles. The lowest BCUT2D eigenvalue weighted by atomic mass is 10.1. The van der Waals surface area contributed by atoms with Gasteiger partial charge in [0.05, 0.1) is 6.61 Å². The van der Waals surface area contributed by atoms with Crippen LogP contribution in [0.3, 0.4) is 0 Å². The number of ether oxygens (including phenoxy) is 1. The molecule has 1 amide bonds. The molecule has 0 saturated heterocycles. The van der Waals surface area contributed by atoms with Crippen molar-refractivity contribution < 1.29 is 9.53 Å². The van der Waals surface area contributed by atoms with Gasteiger partial charge in [0.2, 0.25) is 0 Å². The van der Waals surface area contributed by atoms with E-state index in [2.05, 4.69) is 0 Å². The Morgan fingerprint density at radius 2 is 2.10 bits per heavy atom. The molecule has 0 spiro atoms. The van der Waals surface area contributed by atoms with Gasteiger partial charge in [0, 0.05) is 17.6 Å². The molecule has 116 valence electrons. The summed E-state index contributed by atoms with van der Waals surface area (Å²) in [6.07, 6.45) is 2.08. The second-order valence-corrected chi connectivity index (χ2v) is 6.55. The van der Waals surface area contributed by atoms with Gasteiger partial charge in [-0.15, -0.1) is 0 Å². The summed E-state index contributed by atoms with van der Waals surface area (Å²) in [6, 6.07) is 7.77. The highest BCUT2D eigenvalue weighted by Gasteiger charge is 2.27. The summed E-state index contributed by atoms with van der Waals surface area (Å²) < 4.78 is 5.70. The van der Waals surface area contributed by atoms with Crippen LogP contribution in [0.1, 0.15) is 39.2 Å². The van der Waals surface area contributed by atoms with E-state index in [1.165, 1.54) is 12.8 Å². The third kappa shape index (κ3) is 5.01. The van der Waals surface area contributed by atoms with Crippen molar-refractivity contribution in [3.05, 3.63) is 34.9 Å². The number of halogens is 1. The molecule has 1 aliphatic carbocycles. The average Bonchev–Trinajstić information content (AvgIpc) is 3.25. The molecule has 1 atom stereocenters. The fourth-order valence-electron chi connectivity index (χ4n) is 2.22. The van der Waals surface area contributed by atoms with Gasteiger partial charge >= 0.3 is 0 Å². The molecule has 2 rings (SSSR count). The molecule has 1 saturated carbocycles. The van der Waals surface area contributed by atoms with Crippen LogP contribution < -0.4 is 0 Å². The average molecular weight is 310 g/mol. The Morgan fingerprint density at radius 3 is 2.67 bits per heavy atom. The highest BCUT2D eigenvalue weighted by atomic mass is 35.5. The topological polar surface area (TPSA) is 29.5 Å². The number of rotatable bonds is 7. The number of nitrogens with zero attached hydrogens (tertiary/aromatic N) is 1. The van der Waals surface area contributed by atoms with E-state index in [1.807, 2.05) is 49.9 Å². The molecule has 0 N–H and O–H groups in total. The summed E-state index contributed by atoms with van der Waals surface area (Å²) in [5, 5.41) is 0.696. The molecular weight excluding hydrogens is 286 g/mol. The van der Waals surface area contributed by atoms with Crippen molar-refractivity contribution in [2.75, 3.05) is 6.61 Å².